The van der Waals surface area contributed by atoms with E-state index in [4.69, 9.17) is 5.73 Å². The van der Waals surface area contributed by atoms with Gasteiger partial charge in [-0.05, 0) is 25.8 Å². The van der Waals surface area contributed by atoms with Crippen molar-refractivity contribution >= 4 is 39.4 Å². The highest BCUT2D eigenvalue weighted by Gasteiger charge is 2.26. The highest BCUT2D eigenvalue weighted by Crippen LogP contribution is 2.41. The Hall–Kier alpha value is -1.40. The average molecular weight is 279 g/mol. The molecular weight excluding hydrogens is 266 g/mol. The summed E-state index contributed by atoms with van der Waals surface area (Å²) >= 11 is 2.89. The number of nitrogens with one attached hydrogen (secondary N) is 1. The standard InChI is InChI=1S/C12H13N3OS2/c1-6-8(13)4-10(18-6)11(16)15-12-14-9(5-17-12)7-2-3-7/h4-5,7H,2-3,13H2,1H3,(H,14,15,16). The third-order valence-corrected chi connectivity index (χ3v) is 4.76. The summed E-state index contributed by atoms with van der Waals surface area (Å²) < 4.78 is 0. The van der Waals surface area contributed by atoms with Crippen LogP contribution < -0.4 is 11.1 Å². The van der Waals surface area contributed by atoms with Crippen LogP contribution in [-0.2, 0) is 0 Å². The van der Waals surface area contributed by atoms with Crippen molar-refractivity contribution in [3.63, 3.8) is 0 Å². The Morgan fingerprint density at radius 1 is 1.56 bits per heavy atom. The van der Waals surface area contributed by atoms with Crippen molar-refractivity contribution in [1.82, 2.24) is 4.98 Å². The maximum atomic E-state index is 12.0. The van der Waals surface area contributed by atoms with Gasteiger partial charge in [0, 0.05) is 21.9 Å². The lowest BCUT2D eigenvalue weighted by Crippen LogP contribution is -2.09. The molecule has 3 rings (SSSR count). The minimum Gasteiger partial charge on any atom is -0.398 e. The number of aromatic nitrogens is 1. The quantitative estimate of drug-likeness (QED) is 0.906. The molecule has 6 heteroatoms. The van der Waals surface area contributed by atoms with Crippen LogP contribution >= 0.6 is 22.7 Å². The summed E-state index contributed by atoms with van der Waals surface area (Å²) in [5.74, 6) is 0.489. The molecule has 4 nitrogen and oxygen atoms in total. The van der Waals surface area contributed by atoms with E-state index in [9.17, 15) is 4.79 Å². The Morgan fingerprint density at radius 2 is 2.33 bits per heavy atom. The molecule has 1 aliphatic rings. The molecule has 0 aromatic carbocycles. The number of hydrogen-bond acceptors (Lipinski definition) is 5. The Kier molecular flexibility index (Phi) is 2.83. The third-order valence-electron chi connectivity index (χ3n) is 2.92. The summed E-state index contributed by atoms with van der Waals surface area (Å²) in [6.07, 6.45) is 2.44. The summed E-state index contributed by atoms with van der Waals surface area (Å²) in [6.45, 7) is 1.91. The van der Waals surface area contributed by atoms with Gasteiger partial charge in [0.25, 0.3) is 5.91 Å². The number of carbonyl (C=O) groups excluding carboxylic acids is 1. The molecule has 0 aliphatic heterocycles. The van der Waals surface area contributed by atoms with Crippen LogP contribution in [-0.4, -0.2) is 10.9 Å². The first-order chi connectivity index (χ1) is 8.63. The number of hydrogen-bond donors (Lipinski definition) is 2. The van der Waals surface area contributed by atoms with Gasteiger partial charge in [0.05, 0.1) is 10.6 Å². The smallest absolute Gasteiger partial charge is 0.267 e. The predicted octanol–water partition coefficient (Wildman–Crippen LogP) is 3.22. The molecule has 0 radical (unpaired) electrons. The van der Waals surface area contributed by atoms with Gasteiger partial charge in [0.1, 0.15) is 0 Å². The van der Waals surface area contributed by atoms with Gasteiger partial charge in [-0.25, -0.2) is 4.98 Å². The number of amides is 1. The second kappa shape index (κ2) is 4.37. The van der Waals surface area contributed by atoms with Crippen molar-refractivity contribution in [2.75, 3.05) is 11.1 Å². The largest absolute Gasteiger partial charge is 0.398 e. The molecule has 1 amide bonds. The third kappa shape index (κ3) is 2.26. The van der Waals surface area contributed by atoms with E-state index in [0.717, 1.165) is 10.6 Å². The summed E-state index contributed by atoms with van der Waals surface area (Å²) in [7, 11) is 0. The molecular formula is C12H13N3OS2. The van der Waals surface area contributed by atoms with Crippen molar-refractivity contribution in [3.05, 3.63) is 26.9 Å². The SMILES string of the molecule is Cc1sc(C(=O)Nc2nc(C3CC3)cs2)cc1N. The molecule has 0 bridgehead atoms. The first-order valence-corrected chi connectivity index (χ1v) is 7.46. The van der Waals surface area contributed by atoms with E-state index >= 15 is 0 Å². The van der Waals surface area contributed by atoms with E-state index in [1.807, 2.05) is 12.3 Å². The molecule has 1 saturated carbocycles. The van der Waals surface area contributed by atoms with Gasteiger partial charge in [-0.15, -0.1) is 22.7 Å². The zero-order valence-electron chi connectivity index (χ0n) is 9.90. The molecule has 1 fully saturated rings. The van der Waals surface area contributed by atoms with E-state index in [-0.39, 0.29) is 5.91 Å². The van der Waals surface area contributed by atoms with Crippen LogP contribution in [0.1, 0.15) is 39.0 Å². The minimum absolute atomic E-state index is 0.128. The first kappa shape index (κ1) is 11.7. The second-order valence-corrected chi connectivity index (χ2v) is 6.54. The molecule has 2 aromatic heterocycles. The maximum Gasteiger partial charge on any atom is 0.267 e. The average Bonchev–Trinajstić information content (AvgIpc) is 3.00. The minimum atomic E-state index is -0.128. The van der Waals surface area contributed by atoms with E-state index in [1.54, 1.807) is 6.07 Å². The molecule has 0 spiro atoms. The fourth-order valence-corrected chi connectivity index (χ4v) is 3.30. The number of carbonyl (C=O) groups is 1. The second-order valence-electron chi connectivity index (χ2n) is 4.43. The molecule has 0 unspecified atom stereocenters. The lowest BCUT2D eigenvalue weighted by Gasteiger charge is -1.97. The number of anilines is 2. The summed E-state index contributed by atoms with van der Waals surface area (Å²) in [6, 6.07) is 1.71. The topological polar surface area (TPSA) is 68.0 Å². The number of thiazole rings is 1. The van der Waals surface area contributed by atoms with Crippen LogP contribution in [0.25, 0.3) is 0 Å². The number of nitrogen functional groups attached to an aromatic ring is 1. The molecule has 0 saturated heterocycles. The molecule has 2 aromatic rings. The van der Waals surface area contributed by atoms with Gasteiger partial charge in [-0.3, -0.25) is 10.1 Å². The maximum absolute atomic E-state index is 12.0. The normalized spacial score (nSPS) is 14.7. The molecule has 1 aliphatic carbocycles. The number of thiophene rings is 1. The van der Waals surface area contributed by atoms with Crippen LogP contribution in [0.5, 0.6) is 0 Å². The van der Waals surface area contributed by atoms with Crippen LogP contribution in [0.4, 0.5) is 10.8 Å². The Morgan fingerprint density at radius 3 is 2.94 bits per heavy atom. The fourth-order valence-electron chi connectivity index (χ4n) is 1.68. The van der Waals surface area contributed by atoms with Gasteiger partial charge in [0.15, 0.2) is 5.13 Å². The monoisotopic (exact) mass is 279 g/mol. The number of aryl methyl sites for hydroxylation is 1. The van der Waals surface area contributed by atoms with E-state index in [1.165, 1.54) is 35.5 Å². The van der Waals surface area contributed by atoms with E-state index in [0.29, 0.717) is 21.6 Å². The Balaban J connectivity index is 1.72. The molecule has 3 N–H and O–H groups in total. The summed E-state index contributed by atoms with van der Waals surface area (Å²) in [4.78, 5) is 18.0. The van der Waals surface area contributed by atoms with Gasteiger partial charge < -0.3 is 5.73 Å². The van der Waals surface area contributed by atoms with E-state index < -0.39 is 0 Å². The fraction of sp³-hybridized carbons (Fsp3) is 0.333. The molecule has 18 heavy (non-hydrogen) atoms. The number of rotatable bonds is 3. The highest BCUT2D eigenvalue weighted by atomic mass is 32.1. The molecule has 2 heterocycles. The summed E-state index contributed by atoms with van der Waals surface area (Å²) in [5.41, 5.74) is 7.52. The van der Waals surface area contributed by atoms with E-state index in [2.05, 4.69) is 10.3 Å². The van der Waals surface area contributed by atoms with Gasteiger partial charge in [0.2, 0.25) is 0 Å². The highest BCUT2D eigenvalue weighted by molar-refractivity contribution is 7.15. The Labute approximate surface area is 113 Å². The van der Waals surface area contributed by atoms with Crippen molar-refractivity contribution < 1.29 is 4.79 Å². The predicted molar refractivity (Wildman–Crippen MR) is 75.5 cm³/mol. The zero-order valence-corrected chi connectivity index (χ0v) is 11.5. The van der Waals surface area contributed by atoms with Crippen molar-refractivity contribution in [3.8, 4) is 0 Å². The van der Waals surface area contributed by atoms with Gasteiger partial charge >= 0.3 is 0 Å². The molecule has 0 atom stereocenters. The van der Waals surface area contributed by atoms with Gasteiger partial charge in [-0.1, -0.05) is 0 Å². The van der Waals surface area contributed by atoms with Crippen LogP contribution in [0, 0.1) is 6.92 Å². The van der Waals surface area contributed by atoms with Crippen molar-refractivity contribution in [2.24, 2.45) is 0 Å². The van der Waals surface area contributed by atoms with Crippen LogP contribution in [0.3, 0.4) is 0 Å². The molecule has 94 valence electrons. The lowest BCUT2D eigenvalue weighted by atomic mass is 10.3. The zero-order chi connectivity index (χ0) is 12.7. The number of nitrogens with zero attached hydrogens (tertiary/aromatic N) is 1. The summed E-state index contributed by atoms with van der Waals surface area (Å²) in [5, 5.41) is 5.53. The van der Waals surface area contributed by atoms with Crippen LogP contribution in [0.2, 0.25) is 0 Å². The van der Waals surface area contributed by atoms with Gasteiger partial charge in [-0.2, -0.15) is 0 Å². The lowest BCUT2D eigenvalue weighted by molar-refractivity contribution is 0.103. The van der Waals surface area contributed by atoms with Crippen LogP contribution in [0.15, 0.2) is 11.4 Å². The van der Waals surface area contributed by atoms with Crippen molar-refractivity contribution in [1.29, 1.82) is 0 Å². The first-order valence-electron chi connectivity index (χ1n) is 5.76. The number of nitrogens with two attached hydrogens (primary N) is 1. The van der Waals surface area contributed by atoms with Crippen molar-refractivity contribution in [2.45, 2.75) is 25.7 Å². The Bertz CT molecular complexity index is 579.